The fourth-order valence-electron chi connectivity index (χ4n) is 1.67. The number of halogens is 1. The predicted molar refractivity (Wildman–Crippen MR) is 96.1 cm³/mol. The third kappa shape index (κ3) is 7.74. The average molecular weight is 405 g/mol. The van der Waals surface area contributed by atoms with E-state index in [1.165, 1.54) is 0 Å². The van der Waals surface area contributed by atoms with Gasteiger partial charge in [-0.2, -0.15) is 0 Å². The van der Waals surface area contributed by atoms with Crippen molar-refractivity contribution in [1.82, 2.24) is 10.6 Å². The highest BCUT2D eigenvalue weighted by Gasteiger charge is 2.14. The number of hydrogen-bond donors (Lipinski definition) is 2. The van der Waals surface area contributed by atoms with Crippen molar-refractivity contribution in [2.45, 2.75) is 6.42 Å². The van der Waals surface area contributed by atoms with Crippen LogP contribution in [-0.2, 0) is 9.47 Å². The number of thiocarbonyl (C=S) groups is 1. The molecule has 0 spiro atoms. The van der Waals surface area contributed by atoms with Gasteiger partial charge in [0.05, 0.1) is 12.2 Å². The summed E-state index contributed by atoms with van der Waals surface area (Å²) < 4.78 is 16.2. The number of amides is 1. The molecule has 0 atom stereocenters. The van der Waals surface area contributed by atoms with Gasteiger partial charge < -0.3 is 19.5 Å². The van der Waals surface area contributed by atoms with E-state index in [1.807, 2.05) is 0 Å². The van der Waals surface area contributed by atoms with Crippen LogP contribution in [0.4, 0.5) is 0 Å². The average Bonchev–Trinajstić information content (AvgIpc) is 2.53. The maximum Gasteiger partial charge on any atom is 0.261 e. The topological polar surface area (TPSA) is 68.8 Å². The van der Waals surface area contributed by atoms with E-state index in [9.17, 15) is 4.79 Å². The van der Waals surface area contributed by atoms with Gasteiger partial charge in [-0.15, -0.1) is 0 Å². The van der Waals surface area contributed by atoms with E-state index in [4.69, 9.17) is 26.4 Å². The molecule has 0 aliphatic heterocycles. The maximum absolute atomic E-state index is 12.4. The molecular weight excluding hydrogens is 384 g/mol. The molecule has 1 amide bonds. The van der Waals surface area contributed by atoms with Crippen LogP contribution >= 0.6 is 28.1 Å². The molecule has 1 aromatic rings. The second-order valence-electron chi connectivity index (χ2n) is 4.54. The minimum absolute atomic E-state index is 0.272. The number of nitrogens with one attached hydrogen (secondary N) is 2. The van der Waals surface area contributed by atoms with Gasteiger partial charge in [0.25, 0.3) is 5.91 Å². The number of rotatable bonds is 9. The lowest BCUT2D eigenvalue weighted by Gasteiger charge is -2.13. The van der Waals surface area contributed by atoms with Gasteiger partial charge in [-0.05, 0) is 36.8 Å². The summed E-state index contributed by atoms with van der Waals surface area (Å²) in [6, 6.07) is 5.22. The minimum Gasteiger partial charge on any atom is -0.490 e. The van der Waals surface area contributed by atoms with Crippen LogP contribution in [0.3, 0.4) is 0 Å². The largest absolute Gasteiger partial charge is 0.490 e. The Labute approximate surface area is 150 Å². The molecular formula is C15H21BrN2O4S. The summed E-state index contributed by atoms with van der Waals surface area (Å²) in [6.07, 6.45) is 0.800. The van der Waals surface area contributed by atoms with Crippen molar-refractivity contribution < 1.29 is 19.0 Å². The fraction of sp³-hybridized carbons (Fsp3) is 0.467. The first-order chi connectivity index (χ1) is 11.1. The summed E-state index contributed by atoms with van der Waals surface area (Å²) in [5.41, 5.74) is 0.400. The zero-order valence-electron chi connectivity index (χ0n) is 13.2. The molecule has 23 heavy (non-hydrogen) atoms. The second kappa shape index (κ2) is 11.3. The van der Waals surface area contributed by atoms with Gasteiger partial charge in [0.15, 0.2) is 5.11 Å². The standard InChI is InChI=1S/C15H21BrN2O4S/c1-20-7-3-6-17-15(23)18-14(19)12-10-11(16)4-5-13(12)22-9-8-21-2/h4-5,10H,3,6-9H2,1-2H3,(H2,17,18,19,23). The first kappa shape index (κ1) is 19.8. The molecule has 0 heterocycles. The molecule has 0 bridgehead atoms. The van der Waals surface area contributed by atoms with E-state index in [0.717, 1.165) is 10.9 Å². The molecule has 0 saturated carbocycles. The lowest BCUT2D eigenvalue weighted by Crippen LogP contribution is -2.40. The van der Waals surface area contributed by atoms with Gasteiger partial charge in [-0.3, -0.25) is 10.1 Å². The summed E-state index contributed by atoms with van der Waals surface area (Å²) in [4.78, 5) is 12.4. The van der Waals surface area contributed by atoms with Crippen LogP contribution in [0.25, 0.3) is 0 Å². The highest BCUT2D eigenvalue weighted by molar-refractivity contribution is 9.10. The molecule has 0 radical (unpaired) electrons. The Kier molecular flexibility index (Phi) is 9.77. The third-order valence-corrected chi connectivity index (χ3v) is 3.51. The van der Waals surface area contributed by atoms with Crippen LogP contribution in [0.2, 0.25) is 0 Å². The molecule has 0 aromatic heterocycles. The number of carbonyl (C=O) groups is 1. The van der Waals surface area contributed by atoms with Gasteiger partial charge in [-0.1, -0.05) is 15.9 Å². The SMILES string of the molecule is COCCCNC(=S)NC(=O)c1cc(Br)ccc1OCCOC. The van der Waals surface area contributed by atoms with Crippen molar-refractivity contribution in [2.75, 3.05) is 40.6 Å². The van der Waals surface area contributed by atoms with Crippen LogP contribution in [0.1, 0.15) is 16.8 Å². The Morgan fingerprint density at radius 1 is 1.22 bits per heavy atom. The third-order valence-electron chi connectivity index (χ3n) is 2.77. The van der Waals surface area contributed by atoms with Crippen LogP contribution < -0.4 is 15.4 Å². The van der Waals surface area contributed by atoms with Crippen molar-refractivity contribution in [3.8, 4) is 5.75 Å². The van der Waals surface area contributed by atoms with E-state index in [1.54, 1.807) is 32.4 Å². The molecule has 128 valence electrons. The van der Waals surface area contributed by atoms with Crippen LogP contribution in [0.5, 0.6) is 5.75 Å². The molecule has 0 saturated heterocycles. The molecule has 1 aromatic carbocycles. The summed E-state index contributed by atoms with van der Waals surface area (Å²) in [5, 5.41) is 5.86. The van der Waals surface area contributed by atoms with Crippen LogP contribution in [0.15, 0.2) is 22.7 Å². The van der Waals surface area contributed by atoms with Crippen molar-refractivity contribution in [2.24, 2.45) is 0 Å². The number of benzene rings is 1. The summed E-state index contributed by atoms with van der Waals surface area (Å²) in [6.45, 7) is 2.06. The van der Waals surface area contributed by atoms with Crippen molar-refractivity contribution in [1.29, 1.82) is 0 Å². The van der Waals surface area contributed by atoms with Gasteiger partial charge in [0.1, 0.15) is 12.4 Å². The van der Waals surface area contributed by atoms with E-state index in [2.05, 4.69) is 26.6 Å². The predicted octanol–water partition coefficient (Wildman–Crippen LogP) is 2.12. The molecule has 0 fully saturated rings. The number of carbonyl (C=O) groups excluding carboxylic acids is 1. The smallest absolute Gasteiger partial charge is 0.261 e. The maximum atomic E-state index is 12.4. The molecule has 8 heteroatoms. The van der Waals surface area contributed by atoms with E-state index < -0.39 is 0 Å². The number of methoxy groups -OCH3 is 2. The van der Waals surface area contributed by atoms with Crippen LogP contribution in [0, 0.1) is 0 Å². The molecule has 0 aliphatic carbocycles. The zero-order chi connectivity index (χ0) is 17.1. The molecule has 2 N–H and O–H groups in total. The second-order valence-corrected chi connectivity index (χ2v) is 5.86. The van der Waals surface area contributed by atoms with Gasteiger partial charge in [-0.25, -0.2) is 0 Å². The number of hydrogen-bond acceptors (Lipinski definition) is 5. The monoisotopic (exact) mass is 404 g/mol. The first-order valence-corrected chi connectivity index (χ1v) is 8.28. The minimum atomic E-state index is -0.331. The highest BCUT2D eigenvalue weighted by Crippen LogP contribution is 2.23. The van der Waals surface area contributed by atoms with Crippen molar-refractivity contribution >= 4 is 39.2 Å². The van der Waals surface area contributed by atoms with E-state index in [-0.39, 0.29) is 11.0 Å². The van der Waals surface area contributed by atoms with Crippen LogP contribution in [-0.4, -0.2) is 51.6 Å². The summed E-state index contributed by atoms with van der Waals surface area (Å²) in [7, 11) is 3.23. The summed E-state index contributed by atoms with van der Waals surface area (Å²) in [5.74, 6) is 0.146. The first-order valence-electron chi connectivity index (χ1n) is 7.08. The van der Waals surface area contributed by atoms with Crippen molar-refractivity contribution in [3.63, 3.8) is 0 Å². The lowest BCUT2D eigenvalue weighted by atomic mass is 10.2. The Hall–Kier alpha value is -1.22. The highest BCUT2D eigenvalue weighted by atomic mass is 79.9. The van der Waals surface area contributed by atoms with E-state index in [0.29, 0.717) is 37.7 Å². The fourth-order valence-corrected chi connectivity index (χ4v) is 2.23. The molecule has 1 rings (SSSR count). The molecule has 6 nitrogen and oxygen atoms in total. The van der Waals surface area contributed by atoms with Gasteiger partial charge >= 0.3 is 0 Å². The van der Waals surface area contributed by atoms with Gasteiger partial charge in [0, 0.05) is 31.8 Å². The quantitative estimate of drug-likeness (QED) is 0.485. The molecule has 0 aliphatic rings. The Balaban J connectivity index is 2.62. The normalized spacial score (nSPS) is 10.2. The lowest BCUT2D eigenvalue weighted by molar-refractivity contribution is 0.0968. The Morgan fingerprint density at radius 3 is 2.65 bits per heavy atom. The molecule has 0 unspecified atom stereocenters. The zero-order valence-corrected chi connectivity index (χ0v) is 15.6. The Morgan fingerprint density at radius 2 is 1.96 bits per heavy atom. The van der Waals surface area contributed by atoms with Gasteiger partial charge in [0.2, 0.25) is 0 Å². The Bertz CT molecular complexity index is 528. The van der Waals surface area contributed by atoms with Crippen molar-refractivity contribution in [3.05, 3.63) is 28.2 Å². The van der Waals surface area contributed by atoms with E-state index >= 15 is 0 Å². The summed E-state index contributed by atoms with van der Waals surface area (Å²) >= 11 is 8.46. The number of ether oxygens (including phenoxy) is 3.